The fraction of sp³-hybridized carbons (Fsp3) is 0.625. The van der Waals surface area contributed by atoms with Gasteiger partial charge < -0.3 is 10.5 Å². The predicted molar refractivity (Wildman–Crippen MR) is 75.6 cm³/mol. The van der Waals surface area contributed by atoms with E-state index in [1.165, 1.54) is 24.8 Å². The molecule has 1 aromatic rings. The molecule has 0 unspecified atom stereocenters. The van der Waals surface area contributed by atoms with E-state index in [-0.39, 0.29) is 5.60 Å². The topological polar surface area (TPSA) is 35.2 Å². The van der Waals surface area contributed by atoms with Crippen LogP contribution >= 0.6 is 0 Å². The van der Waals surface area contributed by atoms with Crippen molar-refractivity contribution in [1.82, 2.24) is 0 Å². The Bertz CT molecular complexity index is 330. The highest BCUT2D eigenvalue weighted by molar-refractivity contribution is 5.14. The Morgan fingerprint density at radius 1 is 1.06 bits per heavy atom. The third-order valence-corrected chi connectivity index (χ3v) is 4.00. The minimum atomic E-state index is -0.00502. The third-order valence-electron chi connectivity index (χ3n) is 4.00. The number of hydrogen-bond acceptors (Lipinski definition) is 2. The first kappa shape index (κ1) is 13.6. The number of aryl methyl sites for hydroxylation is 1. The lowest BCUT2D eigenvalue weighted by atomic mass is 9.84. The van der Waals surface area contributed by atoms with Crippen LogP contribution < -0.4 is 5.73 Å². The van der Waals surface area contributed by atoms with Crippen LogP contribution in [0, 0.1) is 0 Å². The maximum atomic E-state index is 6.12. The molecule has 18 heavy (non-hydrogen) atoms. The van der Waals surface area contributed by atoms with Gasteiger partial charge in [0.2, 0.25) is 0 Å². The molecule has 0 radical (unpaired) electrons. The van der Waals surface area contributed by atoms with Crippen molar-refractivity contribution in [3.05, 3.63) is 35.9 Å². The van der Waals surface area contributed by atoms with Crippen molar-refractivity contribution in [3.8, 4) is 0 Å². The first-order valence-corrected chi connectivity index (χ1v) is 7.23. The van der Waals surface area contributed by atoms with E-state index in [4.69, 9.17) is 10.5 Å². The molecule has 0 saturated heterocycles. The maximum Gasteiger partial charge on any atom is 0.0804 e. The van der Waals surface area contributed by atoms with E-state index in [0.717, 1.165) is 32.3 Å². The van der Waals surface area contributed by atoms with Gasteiger partial charge in [-0.15, -0.1) is 0 Å². The zero-order valence-electron chi connectivity index (χ0n) is 11.2. The molecule has 0 spiro atoms. The van der Waals surface area contributed by atoms with Crippen LogP contribution in [-0.2, 0) is 11.2 Å². The quantitative estimate of drug-likeness (QED) is 0.783. The normalized spacial score (nSPS) is 18.7. The fourth-order valence-electron chi connectivity index (χ4n) is 2.81. The summed E-state index contributed by atoms with van der Waals surface area (Å²) in [5, 5.41) is 0. The van der Waals surface area contributed by atoms with Crippen molar-refractivity contribution in [2.24, 2.45) is 5.73 Å². The number of rotatable bonds is 6. The summed E-state index contributed by atoms with van der Waals surface area (Å²) in [6, 6.07) is 10.6. The number of hydrogen-bond donors (Lipinski definition) is 1. The van der Waals surface area contributed by atoms with Crippen molar-refractivity contribution >= 4 is 0 Å². The summed E-state index contributed by atoms with van der Waals surface area (Å²) >= 11 is 0. The van der Waals surface area contributed by atoms with E-state index >= 15 is 0 Å². The second-order valence-corrected chi connectivity index (χ2v) is 5.39. The Balaban J connectivity index is 1.71. The summed E-state index contributed by atoms with van der Waals surface area (Å²) in [5.74, 6) is 0. The molecule has 1 fully saturated rings. The number of ether oxygens (including phenoxy) is 1. The van der Waals surface area contributed by atoms with Crippen LogP contribution in [0.1, 0.15) is 44.1 Å². The Morgan fingerprint density at radius 2 is 1.78 bits per heavy atom. The zero-order valence-corrected chi connectivity index (χ0v) is 11.2. The average molecular weight is 247 g/mol. The van der Waals surface area contributed by atoms with Gasteiger partial charge in [-0.2, -0.15) is 0 Å². The molecule has 2 N–H and O–H groups in total. The van der Waals surface area contributed by atoms with Crippen LogP contribution in [-0.4, -0.2) is 18.8 Å². The third kappa shape index (κ3) is 3.82. The molecule has 100 valence electrons. The van der Waals surface area contributed by atoms with Gasteiger partial charge in [-0.1, -0.05) is 49.6 Å². The zero-order chi connectivity index (χ0) is 12.7. The smallest absolute Gasteiger partial charge is 0.0804 e. The molecular formula is C16H25NO. The first-order valence-electron chi connectivity index (χ1n) is 7.23. The Kier molecular flexibility index (Phi) is 5.21. The summed E-state index contributed by atoms with van der Waals surface area (Å²) in [6.07, 6.45) is 8.37. The molecule has 2 rings (SSSR count). The molecule has 2 heteroatoms. The van der Waals surface area contributed by atoms with Gasteiger partial charge in [0.05, 0.1) is 5.60 Å². The summed E-state index contributed by atoms with van der Waals surface area (Å²) in [6.45, 7) is 1.52. The van der Waals surface area contributed by atoms with E-state index in [2.05, 4.69) is 30.3 Å². The van der Waals surface area contributed by atoms with Crippen LogP contribution in [0.4, 0.5) is 0 Å². The van der Waals surface area contributed by atoms with Crippen LogP contribution in [0.5, 0.6) is 0 Å². The Labute approximate surface area is 111 Å². The molecular weight excluding hydrogens is 222 g/mol. The second-order valence-electron chi connectivity index (χ2n) is 5.39. The summed E-state index contributed by atoms with van der Waals surface area (Å²) < 4.78 is 6.12. The lowest BCUT2D eigenvalue weighted by Gasteiger charge is -2.36. The molecule has 0 atom stereocenters. The van der Waals surface area contributed by atoms with Crippen molar-refractivity contribution in [2.45, 2.75) is 50.5 Å². The van der Waals surface area contributed by atoms with E-state index in [1.807, 2.05) is 0 Å². The monoisotopic (exact) mass is 247 g/mol. The van der Waals surface area contributed by atoms with Crippen LogP contribution in [0.15, 0.2) is 30.3 Å². The first-order chi connectivity index (χ1) is 8.85. The van der Waals surface area contributed by atoms with Gasteiger partial charge in [-0.25, -0.2) is 0 Å². The minimum Gasteiger partial charge on any atom is -0.374 e. The van der Waals surface area contributed by atoms with Gasteiger partial charge in [-0.05, 0) is 31.2 Å². The summed E-state index contributed by atoms with van der Waals surface area (Å²) in [7, 11) is 0. The maximum absolute atomic E-state index is 6.12. The molecule has 0 amide bonds. The van der Waals surface area contributed by atoms with Gasteiger partial charge in [0.15, 0.2) is 0 Å². The predicted octanol–water partition coefficient (Wildman–Crippen LogP) is 3.30. The molecule has 1 aromatic carbocycles. The van der Waals surface area contributed by atoms with E-state index < -0.39 is 0 Å². The van der Waals surface area contributed by atoms with Crippen molar-refractivity contribution < 1.29 is 4.74 Å². The number of benzene rings is 1. The molecule has 1 aliphatic carbocycles. The van der Waals surface area contributed by atoms with E-state index in [0.29, 0.717) is 6.54 Å². The second kappa shape index (κ2) is 6.91. The lowest BCUT2D eigenvalue weighted by molar-refractivity contribution is -0.0637. The van der Waals surface area contributed by atoms with Crippen molar-refractivity contribution in [2.75, 3.05) is 13.2 Å². The number of nitrogens with two attached hydrogens (primary N) is 1. The lowest BCUT2D eigenvalue weighted by Crippen LogP contribution is -2.42. The van der Waals surface area contributed by atoms with Crippen LogP contribution in [0.3, 0.4) is 0 Å². The van der Waals surface area contributed by atoms with Gasteiger partial charge in [0.1, 0.15) is 0 Å². The average Bonchev–Trinajstić information content (AvgIpc) is 2.46. The molecule has 0 aromatic heterocycles. The van der Waals surface area contributed by atoms with Crippen LogP contribution in [0.2, 0.25) is 0 Å². The summed E-state index contributed by atoms with van der Waals surface area (Å²) in [4.78, 5) is 0. The van der Waals surface area contributed by atoms with E-state index in [9.17, 15) is 0 Å². The SMILES string of the molecule is NCC1(OCCCc2ccccc2)CCCCC1. The van der Waals surface area contributed by atoms with E-state index in [1.54, 1.807) is 0 Å². The Hall–Kier alpha value is -0.860. The van der Waals surface area contributed by atoms with Gasteiger partial charge >= 0.3 is 0 Å². The molecule has 0 heterocycles. The van der Waals surface area contributed by atoms with Gasteiger partial charge in [0.25, 0.3) is 0 Å². The molecule has 0 bridgehead atoms. The largest absolute Gasteiger partial charge is 0.374 e. The minimum absolute atomic E-state index is 0.00502. The molecule has 1 aliphatic rings. The van der Waals surface area contributed by atoms with Crippen LogP contribution in [0.25, 0.3) is 0 Å². The highest BCUT2D eigenvalue weighted by Gasteiger charge is 2.31. The Morgan fingerprint density at radius 3 is 2.44 bits per heavy atom. The van der Waals surface area contributed by atoms with Gasteiger partial charge in [-0.3, -0.25) is 0 Å². The van der Waals surface area contributed by atoms with Gasteiger partial charge in [0, 0.05) is 13.2 Å². The highest BCUT2D eigenvalue weighted by Crippen LogP contribution is 2.30. The van der Waals surface area contributed by atoms with Crippen molar-refractivity contribution in [3.63, 3.8) is 0 Å². The summed E-state index contributed by atoms with van der Waals surface area (Å²) in [5.41, 5.74) is 7.30. The molecule has 0 aliphatic heterocycles. The molecule has 2 nitrogen and oxygen atoms in total. The standard InChI is InChI=1S/C16H25NO/c17-14-16(11-5-2-6-12-16)18-13-7-10-15-8-3-1-4-9-15/h1,3-4,8-9H,2,5-7,10-14,17H2. The van der Waals surface area contributed by atoms with Crippen molar-refractivity contribution in [1.29, 1.82) is 0 Å². The highest BCUT2D eigenvalue weighted by atomic mass is 16.5. The fourth-order valence-corrected chi connectivity index (χ4v) is 2.81. The molecule has 1 saturated carbocycles.